The van der Waals surface area contributed by atoms with Crippen LogP contribution in [0.5, 0.6) is 6.01 Å². The number of aromatic nitrogens is 3. The van der Waals surface area contributed by atoms with Gasteiger partial charge in [0.1, 0.15) is 0 Å². The van der Waals surface area contributed by atoms with E-state index in [4.69, 9.17) is 9.47 Å². The normalized spacial score (nSPS) is 15.8. The van der Waals surface area contributed by atoms with Gasteiger partial charge >= 0.3 is 6.01 Å². The van der Waals surface area contributed by atoms with Crippen LogP contribution in [0, 0.1) is 0 Å². The van der Waals surface area contributed by atoms with Crippen molar-refractivity contribution in [2.75, 3.05) is 25.6 Å². The van der Waals surface area contributed by atoms with E-state index in [-0.39, 0.29) is 6.10 Å². The molecule has 0 radical (unpaired) electrons. The van der Waals surface area contributed by atoms with Crippen LogP contribution < -0.4 is 10.1 Å². The number of ether oxygens (including phenoxy) is 2. The molecule has 0 spiro atoms. The van der Waals surface area contributed by atoms with Crippen molar-refractivity contribution in [3.05, 3.63) is 0 Å². The van der Waals surface area contributed by atoms with Gasteiger partial charge in [0.05, 0.1) is 24.6 Å². The molecular weight excluding hydrogens is 240 g/mol. The van der Waals surface area contributed by atoms with E-state index in [0.29, 0.717) is 22.4 Å². The lowest BCUT2D eigenvalue weighted by Gasteiger charge is -2.24. The Hall–Kier alpha value is -1.08. The quantitative estimate of drug-likeness (QED) is 0.848. The second-order valence-corrected chi connectivity index (χ2v) is 5.19. The summed E-state index contributed by atoms with van der Waals surface area (Å²) >= 11 is 1.59. The van der Waals surface area contributed by atoms with Crippen LogP contribution in [0.4, 0.5) is 5.95 Å². The molecule has 1 fully saturated rings. The highest BCUT2D eigenvalue weighted by atomic mass is 32.2. The topological polar surface area (TPSA) is 69.2 Å². The number of rotatable bonds is 5. The van der Waals surface area contributed by atoms with Crippen molar-refractivity contribution in [1.82, 2.24) is 15.0 Å². The maximum atomic E-state index is 5.48. The van der Waals surface area contributed by atoms with Gasteiger partial charge in [-0.05, 0) is 13.8 Å². The smallest absolute Gasteiger partial charge is 0.322 e. The molecule has 0 saturated carbocycles. The Bertz CT molecular complexity index is 385. The molecule has 6 nitrogen and oxygen atoms in total. The van der Waals surface area contributed by atoms with E-state index in [1.807, 2.05) is 13.8 Å². The molecule has 1 aliphatic rings. The van der Waals surface area contributed by atoms with E-state index in [0.717, 1.165) is 13.2 Å². The van der Waals surface area contributed by atoms with E-state index in [2.05, 4.69) is 20.3 Å². The average Bonchev–Trinajstić information content (AvgIpc) is 2.22. The molecule has 1 aliphatic heterocycles. The highest BCUT2D eigenvalue weighted by molar-refractivity contribution is 7.99. The van der Waals surface area contributed by atoms with Gasteiger partial charge in [0.25, 0.3) is 0 Å². The first-order chi connectivity index (χ1) is 8.17. The lowest BCUT2D eigenvalue weighted by molar-refractivity contribution is 0.0454. The zero-order valence-corrected chi connectivity index (χ0v) is 11.0. The van der Waals surface area contributed by atoms with Crippen LogP contribution in [0.25, 0.3) is 0 Å². The van der Waals surface area contributed by atoms with Crippen LogP contribution in [-0.4, -0.2) is 46.6 Å². The van der Waals surface area contributed by atoms with E-state index in [1.54, 1.807) is 18.8 Å². The Kier molecular flexibility index (Phi) is 4.01. The molecule has 1 aromatic heterocycles. The van der Waals surface area contributed by atoms with Crippen LogP contribution >= 0.6 is 11.8 Å². The number of thioether (sulfide) groups is 1. The molecule has 0 bridgehead atoms. The third kappa shape index (κ3) is 3.44. The summed E-state index contributed by atoms with van der Waals surface area (Å²) in [6, 6.07) is 0.363. The highest BCUT2D eigenvalue weighted by Crippen LogP contribution is 2.26. The van der Waals surface area contributed by atoms with Gasteiger partial charge in [-0.3, -0.25) is 0 Å². The van der Waals surface area contributed by atoms with Crippen LogP contribution in [0.3, 0.4) is 0 Å². The van der Waals surface area contributed by atoms with E-state index in [1.165, 1.54) is 0 Å². The summed E-state index contributed by atoms with van der Waals surface area (Å²) in [4.78, 5) is 12.7. The van der Waals surface area contributed by atoms with Crippen molar-refractivity contribution in [2.24, 2.45) is 0 Å². The van der Waals surface area contributed by atoms with Gasteiger partial charge in [0.15, 0.2) is 5.16 Å². The summed E-state index contributed by atoms with van der Waals surface area (Å²) in [6.07, 6.45) is 0.0481. The van der Waals surface area contributed by atoms with Crippen LogP contribution in [-0.2, 0) is 4.74 Å². The minimum Gasteiger partial charge on any atom is -0.461 e. The molecule has 1 saturated heterocycles. The van der Waals surface area contributed by atoms with Gasteiger partial charge in [0, 0.05) is 7.05 Å². The molecule has 0 aliphatic carbocycles. The fourth-order valence-electron chi connectivity index (χ4n) is 1.20. The summed E-state index contributed by atoms with van der Waals surface area (Å²) in [7, 11) is 1.77. The van der Waals surface area contributed by atoms with Crippen LogP contribution in [0.1, 0.15) is 13.8 Å². The second kappa shape index (κ2) is 5.50. The molecule has 0 unspecified atom stereocenters. The number of hydrogen-bond acceptors (Lipinski definition) is 7. The molecule has 1 aromatic rings. The fraction of sp³-hybridized carbons (Fsp3) is 0.700. The average molecular weight is 256 g/mol. The SMILES string of the molecule is CNc1nc(OC(C)C)nc(SC2COC2)n1. The van der Waals surface area contributed by atoms with Crippen molar-refractivity contribution >= 4 is 17.7 Å². The largest absolute Gasteiger partial charge is 0.461 e. The Morgan fingerprint density at radius 3 is 2.65 bits per heavy atom. The molecule has 2 heterocycles. The standard InChI is InChI=1S/C10H16N4O2S/c1-6(2)16-9-12-8(11-3)13-10(14-9)17-7-4-15-5-7/h6-7H,4-5H2,1-3H3,(H,11,12,13,14). The Balaban J connectivity index is 2.12. The third-order valence-corrected chi connectivity index (χ3v) is 3.04. The maximum absolute atomic E-state index is 5.48. The van der Waals surface area contributed by atoms with Gasteiger partial charge in [0.2, 0.25) is 5.95 Å². The molecule has 0 atom stereocenters. The molecular formula is C10H16N4O2S. The summed E-state index contributed by atoms with van der Waals surface area (Å²) in [6.45, 7) is 5.39. The third-order valence-electron chi connectivity index (χ3n) is 2.04. The van der Waals surface area contributed by atoms with Gasteiger partial charge < -0.3 is 14.8 Å². The number of nitrogens with one attached hydrogen (secondary N) is 1. The molecule has 17 heavy (non-hydrogen) atoms. The minimum absolute atomic E-state index is 0.0481. The van der Waals surface area contributed by atoms with Gasteiger partial charge in [-0.15, -0.1) is 0 Å². The monoisotopic (exact) mass is 256 g/mol. The van der Waals surface area contributed by atoms with Crippen molar-refractivity contribution in [3.8, 4) is 6.01 Å². The first kappa shape index (κ1) is 12.4. The lowest BCUT2D eigenvalue weighted by atomic mass is 10.4. The number of hydrogen-bond donors (Lipinski definition) is 1. The molecule has 0 amide bonds. The molecule has 1 N–H and O–H groups in total. The first-order valence-electron chi connectivity index (χ1n) is 5.52. The molecule has 2 rings (SSSR count). The van der Waals surface area contributed by atoms with E-state index < -0.39 is 0 Å². The maximum Gasteiger partial charge on any atom is 0.322 e. The summed E-state index contributed by atoms with van der Waals surface area (Å²) in [5, 5.41) is 4.02. The second-order valence-electron chi connectivity index (χ2n) is 3.92. The van der Waals surface area contributed by atoms with Crippen molar-refractivity contribution in [3.63, 3.8) is 0 Å². The lowest BCUT2D eigenvalue weighted by Crippen LogP contribution is -2.30. The van der Waals surface area contributed by atoms with Gasteiger partial charge in [-0.2, -0.15) is 15.0 Å². The summed E-state index contributed by atoms with van der Waals surface area (Å²) in [5.41, 5.74) is 0. The van der Waals surface area contributed by atoms with Crippen LogP contribution in [0.15, 0.2) is 5.16 Å². The minimum atomic E-state index is 0.0481. The molecule has 94 valence electrons. The van der Waals surface area contributed by atoms with Gasteiger partial charge in [-0.1, -0.05) is 11.8 Å². The van der Waals surface area contributed by atoms with E-state index in [9.17, 15) is 0 Å². The molecule has 0 aromatic carbocycles. The van der Waals surface area contributed by atoms with Crippen molar-refractivity contribution in [2.45, 2.75) is 30.4 Å². The predicted octanol–water partition coefficient (Wildman–Crippen LogP) is 1.19. The first-order valence-corrected chi connectivity index (χ1v) is 6.40. The van der Waals surface area contributed by atoms with Gasteiger partial charge in [-0.25, -0.2) is 0 Å². The van der Waals surface area contributed by atoms with Crippen molar-refractivity contribution in [1.29, 1.82) is 0 Å². The summed E-state index contributed by atoms with van der Waals surface area (Å²) in [5.74, 6) is 0.526. The highest BCUT2D eigenvalue weighted by Gasteiger charge is 2.22. The van der Waals surface area contributed by atoms with E-state index >= 15 is 0 Å². The fourth-order valence-corrected chi connectivity index (χ4v) is 2.09. The predicted molar refractivity (Wildman–Crippen MR) is 65.6 cm³/mol. The number of anilines is 1. The Morgan fingerprint density at radius 1 is 1.35 bits per heavy atom. The Labute approximate surface area is 105 Å². The molecule has 7 heteroatoms. The van der Waals surface area contributed by atoms with Crippen LogP contribution in [0.2, 0.25) is 0 Å². The zero-order valence-electron chi connectivity index (χ0n) is 10.1. The van der Waals surface area contributed by atoms with Crippen molar-refractivity contribution < 1.29 is 9.47 Å². The number of nitrogens with zero attached hydrogens (tertiary/aromatic N) is 3. The zero-order chi connectivity index (χ0) is 12.3. The Morgan fingerprint density at radius 2 is 2.12 bits per heavy atom. The summed E-state index contributed by atoms with van der Waals surface area (Å²) < 4.78 is 10.6.